The molecule has 60 valence electrons. The second-order valence-corrected chi connectivity index (χ2v) is 11.1. The maximum atomic E-state index is 9.78. The SMILES string of the molecule is O=[N+]([O-])CCC[Si](Cl)(Cl)Cl. The summed E-state index contributed by atoms with van der Waals surface area (Å²) in [6.45, 7) is -0.110. The molecule has 0 saturated heterocycles. The van der Waals surface area contributed by atoms with Gasteiger partial charge < -0.3 is 0 Å². The van der Waals surface area contributed by atoms with E-state index < -0.39 is 10.9 Å². The molecule has 0 radical (unpaired) electrons. The van der Waals surface area contributed by atoms with Crippen LogP contribution in [-0.4, -0.2) is 17.5 Å². The molecule has 0 unspecified atom stereocenters. The molecule has 0 aliphatic rings. The van der Waals surface area contributed by atoms with E-state index in [1.54, 1.807) is 0 Å². The Labute approximate surface area is 73.5 Å². The summed E-state index contributed by atoms with van der Waals surface area (Å²) >= 11 is 16.4. The summed E-state index contributed by atoms with van der Waals surface area (Å²) in [5.74, 6) is 0. The fraction of sp³-hybridized carbons (Fsp3) is 1.00. The van der Waals surface area contributed by atoms with Crippen molar-refractivity contribution in [3.8, 4) is 0 Å². The van der Waals surface area contributed by atoms with E-state index >= 15 is 0 Å². The Bertz CT molecular complexity index is 125. The predicted molar refractivity (Wildman–Crippen MR) is 44.6 cm³/mol. The standard InChI is InChI=1S/C3H6Cl3NO2Si/c4-10(5,6)3-1-2-7(8)9/h1-3H2. The van der Waals surface area contributed by atoms with E-state index in [4.69, 9.17) is 33.2 Å². The number of hydrogen-bond acceptors (Lipinski definition) is 2. The van der Waals surface area contributed by atoms with Crippen LogP contribution in [0.5, 0.6) is 0 Å². The van der Waals surface area contributed by atoms with Gasteiger partial charge in [-0.05, 0) is 6.04 Å². The maximum absolute atomic E-state index is 9.78. The van der Waals surface area contributed by atoms with Crippen molar-refractivity contribution < 1.29 is 4.92 Å². The van der Waals surface area contributed by atoms with Gasteiger partial charge in [0.05, 0.1) is 0 Å². The average molecular weight is 223 g/mol. The lowest BCUT2D eigenvalue weighted by molar-refractivity contribution is -0.479. The van der Waals surface area contributed by atoms with Crippen molar-refractivity contribution in [1.29, 1.82) is 0 Å². The van der Waals surface area contributed by atoms with Crippen LogP contribution in [0, 0.1) is 10.1 Å². The second kappa shape index (κ2) is 4.38. The van der Waals surface area contributed by atoms with Gasteiger partial charge in [0.15, 0.2) is 0 Å². The van der Waals surface area contributed by atoms with Crippen molar-refractivity contribution in [2.75, 3.05) is 6.54 Å². The van der Waals surface area contributed by atoms with Gasteiger partial charge >= 0.3 is 6.00 Å². The molecule has 0 aliphatic carbocycles. The van der Waals surface area contributed by atoms with E-state index in [-0.39, 0.29) is 6.54 Å². The first-order valence-corrected chi connectivity index (χ1v) is 7.84. The molecule has 0 aromatic carbocycles. The Hall–Kier alpha value is 0.487. The smallest absolute Gasteiger partial charge is 0.265 e. The van der Waals surface area contributed by atoms with Gasteiger partial charge in [-0.2, -0.15) is 0 Å². The Kier molecular flexibility index (Phi) is 4.60. The molecule has 0 saturated carbocycles. The highest BCUT2D eigenvalue weighted by molar-refractivity contribution is 7.64. The minimum atomic E-state index is -2.61. The summed E-state index contributed by atoms with van der Waals surface area (Å²) in [7, 11) is 0. The summed E-state index contributed by atoms with van der Waals surface area (Å²) in [4.78, 5) is 9.36. The van der Waals surface area contributed by atoms with E-state index in [1.807, 2.05) is 0 Å². The first-order valence-electron chi connectivity index (χ1n) is 2.60. The summed E-state index contributed by atoms with van der Waals surface area (Å²) in [6, 6.07) is -2.25. The van der Waals surface area contributed by atoms with Crippen molar-refractivity contribution in [3.05, 3.63) is 10.1 Å². The molecule has 0 aromatic heterocycles. The van der Waals surface area contributed by atoms with Crippen LogP contribution in [-0.2, 0) is 0 Å². The third-order valence-electron chi connectivity index (χ3n) is 0.801. The molecule has 3 nitrogen and oxygen atoms in total. The normalized spacial score (nSPS) is 11.5. The van der Waals surface area contributed by atoms with Crippen LogP contribution in [0.3, 0.4) is 0 Å². The summed E-state index contributed by atoms with van der Waals surface area (Å²) in [5, 5.41) is 9.78. The average Bonchev–Trinajstić information content (AvgIpc) is 1.59. The fourth-order valence-electron chi connectivity index (χ4n) is 0.409. The summed E-state index contributed by atoms with van der Waals surface area (Å²) < 4.78 is 0. The highest BCUT2D eigenvalue weighted by Gasteiger charge is 2.24. The minimum absolute atomic E-state index is 0.110. The van der Waals surface area contributed by atoms with Gasteiger partial charge in [-0.15, -0.1) is 33.2 Å². The molecule has 0 rings (SSSR count). The zero-order valence-electron chi connectivity index (χ0n) is 5.02. The van der Waals surface area contributed by atoms with E-state index in [1.165, 1.54) is 0 Å². The van der Waals surface area contributed by atoms with Gasteiger partial charge in [0, 0.05) is 11.3 Å². The first kappa shape index (κ1) is 10.5. The molecule has 7 heteroatoms. The van der Waals surface area contributed by atoms with Crippen molar-refractivity contribution in [3.63, 3.8) is 0 Å². The molecular weight excluding hydrogens is 216 g/mol. The Morgan fingerprint density at radius 1 is 1.40 bits per heavy atom. The molecule has 0 aliphatic heterocycles. The molecule has 0 aromatic rings. The Balaban J connectivity index is 3.29. The molecule has 0 fully saturated rings. The second-order valence-electron chi connectivity index (χ2n) is 1.78. The van der Waals surface area contributed by atoms with Crippen LogP contribution in [0.2, 0.25) is 6.04 Å². The first-order chi connectivity index (χ1) is 4.42. The van der Waals surface area contributed by atoms with Gasteiger partial charge in [-0.3, -0.25) is 10.1 Å². The van der Waals surface area contributed by atoms with Crippen LogP contribution in [0.1, 0.15) is 6.42 Å². The zero-order valence-corrected chi connectivity index (χ0v) is 8.29. The third kappa shape index (κ3) is 8.49. The van der Waals surface area contributed by atoms with E-state index in [0.29, 0.717) is 12.5 Å². The molecule has 0 spiro atoms. The van der Waals surface area contributed by atoms with E-state index in [2.05, 4.69) is 0 Å². The van der Waals surface area contributed by atoms with Gasteiger partial charge in [0.25, 0.3) is 0 Å². The quantitative estimate of drug-likeness (QED) is 0.317. The summed E-state index contributed by atoms with van der Waals surface area (Å²) in [6.07, 6.45) is 0.357. The third-order valence-corrected chi connectivity index (χ3v) is 3.42. The lowest BCUT2D eigenvalue weighted by Gasteiger charge is -2.03. The number of hydrogen-bond donors (Lipinski definition) is 0. The lowest BCUT2D eigenvalue weighted by Crippen LogP contribution is -2.11. The van der Waals surface area contributed by atoms with Gasteiger partial charge in [0.2, 0.25) is 6.54 Å². The number of rotatable bonds is 4. The molecule has 0 heterocycles. The van der Waals surface area contributed by atoms with Crippen LogP contribution in [0.15, 0.2) is 0 Å². The van der Waals surface area contributed by atoms with Crippen LogP contribution >= 0.6 is 33.2 Å². The van der Waals surface area contributed by atoms with Crippen molar-refractivity contribution in [1.82, 2.24) is 0 Å². The van der Waals surface area contributed by atoms with E-state index in [9.17, 15) is 10.1 Å². The number of nitro groups is 1. The molecule has 10 heavy (non-hydrogen) atoms. The van der Waals surface area contributed by atoms with Crippen LogP contribution < -0.4 is 0 Å². The molecule has 0 amide bonds. The van der Waals surface area contributed by atoms with Crippen molar-refractivity contribution >= 4 is 39.2 Å². The van der Waals surface area contributed by atoms with Gasteiger partial charge in [-0.1, -0.05) is 0 Å². The number of halogens is 3. The molecule has 0 N–H and O–H groups in total. The minimum Gasteiger partial charge on any atom is -0.265 e. The summed E-state index contributed by atoms with van der Waals surface area (Å²) in [5.41, 5.74) is 0. The number of nitrogens with zero attached hydrogens (tertiary/aromatic N) is 1. The van der Waals surface area contributed by atoms with Crippen LogP contribution in [0.25, 0.3) is 0 Å². The van der Waals surface area contributed by atoms with Crippen molar-refractivity contribution in [2.45, 2.75) is 12.5 Å². The largest absolute Gasteiger partial charge is 0.341 e. The predicted octanol–water partition coefficient (Wildman–Crippen LogP) is 2.31. The Morgan fingerprint density at radius 2 is 1.90 bits per heavy atom. The highest BCUT2D eigenvalue weighted by atomic mass is 35.8. The molecule has 0 atom stereocenters. The van der Waals surface area contributed by atoms with Crippen LogP contribution in [0.4, 0.5) is 0 Å². The lowest BCUT2D eigenvalue weighted by atomic mass is 10.5. The van der Waals surface area contributed by atoms with Crippen molar-refractivity contribution in [2.24, 2.45) is 0 Å². The maximum Gasteiger partial charge on any atom is 0.341 e. The molecular formula is C3H6Cl3NO2Si. The zero-order chi connectivity index (χ0) is 8.20. The Morgan fingerprint density at radius 3 is 2.20 bits per heavy atom. The monoisotopic (exact) mass is 221 g/mol. The topological polar surface area (TPSA) is 43.1 Å². The van der Waals surface area contributed by atoms with Gasteiger partial charge in [0.1, 0.15) is 0 Å². The fourth-order valence-corrected chi connectivity index (χ4v) is 2.17. The van der Waals surface area contributed by atoms with E-state index in [0.717, 1.165) is 0 Å². The van der Waals surface area contributed by atoms with Gasteiger partial charge in [-0.25, -0.2) is 0 Å². The highest BCUT2D eigenvalue weighted by Crippen LogP contribution is 2.25. The molecule has 0 bridgehead atoms.